The molecule has 0 aromatic heterocycles. The number of hydrogen-bond donors (Lipinski definition) is 4. The van der Waals surface area contributed by atoms with E-state index in [1.807, 2.05) is 34.6 Å². The molecule has 0 saturated heterocycles. The van der Waals surface area contributed by atoms with Gasteiger partial charge in [0.05, 0.1) is 4.90 Å². The summed E-state index contributed by atoms with van der Waals surface area (Å²) in [5, 5.41) is 10.9. The van der Waals surface area contributed by atoms with Crippen molar-refractivity contribution in [1.82, 2.24) is 10.6 Å². The first-order valence-corrected chi connectivity index (χ1v) is 11.5. The van der Waals surface area contributed by atoms with E-state index in [-0.39, 0.29) is 35.8 Å². The highest BCUT2D eigenvalue weighted by Crippen LogP contribution is 2.13. The summed E-state index contributed by atoms with van der Waals surface area (Å²) in [4.78, 5) is 25.5. The second-order valence-electron chi connectivity index (χ2n) is 8.24. The lowest BCUT2D eigenvalue weighted by molar-refractivity contribution is -0.914. The van der Waals surface area contributed by atoms with Crippen LogP contribution in [0.1, 0.15) is 46.2 Å². The SMILES string of the molecule is CC(C)CNC(=O)C[NH+](CC(=O)NCC(C)C)[C@@H](C)c1ccc(S(N)(=O)=O)cc1. The van der Waals surface area contributed by atoms with E-state index >= 15 is 0 Å². The summed E-state index contributed by atoms with van der Waals surface area (Å²) in [6.45, 7) is 11.4. The molecule has 0 saturated carbocycles. The molecule has 1 aromatic rings. The van der Waals surface area contributed by atoms with Crippen molar-refractivity contribution in [3.05, 3.63) is 29.8 Å². The Labute approximate surface area is 174 Å². The molecule has 0 fully saturated rings. The van der Waals surface area contributed by atoms with Crippen LogP contribution in [0.2, 0.25) is 0 Å². The molecule has 1 aromatic carbocycles. The van der Waals surface area contributed by atoms with E-state index in [9.17, 15) is 18.0 Å². The summed E-state index contributed by atoms with van der Waals surface area (Å²) in [5.74, 6) is 0.413. The van der Waals surface area contributed by atoms with Crippen molar-refractivity contribution in [2.75, 3.05) is 26.2 Å². The van der Waals surface area contributed by atoms with Gasteiger partial charge in [0, 0.05) is 18.7 Å². The summed E-state index contributed by atoms with van der Waals surface area (Å²) in [6, 6.07) is 6.02. The number of hydrogen-bond acceptors (Lipinski definition) is 4. The molecule has 2 amide bonds. The lowest BCUT2D eigenvalue weighted by Crippen LogP contribution is -3.14. The van der Waals surface area contributed by atoms with E-state index in [1.165, 1.54) is 12.1 Å². The number of primary sulfonamides is 1. The molecular weight excluding hydrogens is 392 g/mol. The first-order chi connectivity index (χ1) is 13.4. The van der Waals surface area contributed by atoms with Crippen molar-refractivity contribution in [1.29, 1.82) is 0 Å². The fourth-order valence-electron chi connectivity index (χ4n) is 2.72. The molecule has 1 rings (SSSR count). The van der Waals surface area contributed by atoms with Gasteiger partial charge in [0.1, 0.15) is 6.04 Å². The van der Waals surface area contributed by atoms with Crippen LogP contribution >= 0.6 is 0 Å². The third-order valence-electron chi connectivity index (χ3n) is 4.51. The molecule has 0 aliphatic carbocycles. The average molecular weight is 428 g/mol. The van der Waals surface area contributed by atoms with Crippen LogP contribution in [-0.4, -0.2) is 46.4 Å². The van der Waals surface area contributed by atoms with Gasteiger partial charge in [-0.25, -0.2) is 13.6 Å². The predicted octanol–water partition coefficient (Wildman–Crippen LogP) is -0.176. The van der Waals surface area contributed by atoms with Crippen molar-refractivity contribution in [2.24, 2.45) is 17.0 Å². The average Bonchev–Trinajstić information content (AvgIpc) is 2.63. The number of quaternary nitrogens is 1. The van der Waals surface area contributed by atoms with Crippen molar-refractivity contribution >= 4 is 21.8 Å². The second kappa shape index (κ2) is 11.3. The highest BCUT2D eigenvalue weighted by Gasteiger charge is 2.25. The molecular formula is C20H35N4O4S+. The van der Waals surface area contributed by atoms with Crippen LogP contribution in [0.3, 0.4) is 0 Å². The number of carbonyl (C=O) groups excluding carboxylic acids is 2. The van der Waals surface area contributed by atoms with Crippen LogP contribution in [0, 0.1) is 11.8 Å². The monoisotopic (exact) mass is 427 g/mol. The number of amides is 2. The molecule has 8 nitrogen and oxygen atoms in total. The minimum Gasteiger partial charge on any atom is -0.351 e. The molecule has 0 unspecified atom stereocenters. The van der Waals surface area contributed by atoms with Gasteiger partial charge in [-0.3, -0.25) is 9.59 Å². The third kappa shape index (κ3) is 9.38. The molecule has 0 aliphatic heterocycles. The molecule has 0 spiro atoms. The van der Waals surface area contributed by atoms with Crippen LogP contribution < -0.4 is 20.7 Å². The number of sulfonamides is 1. The number of nitrogens with two attached hydrogens (primary N) is 1. The molecule has 0 aliphatic rings. The topological polar surface area (TPSA) is 123 Å². The first kappa shape index (κ1) is 25.1. The van der Waals surface area contributed by atoms with E-state index in [4.69, 9.17) is 5.14 Å². The van der Waals surface area contributed by atoms with Gasteiger partial charge in [0.2, 0.25) is 10.0 Å². The Hall–Kier alpha value is -1.97. The molecule has 9 heteroatoms. The Morgan fingerprint density at radius 3 is 1.66 bits per heavy atom. The number of nitrogens with one attached hydrogen (secondary N) is 3. The zero-order chi connectivity index (χ0) is 22.2. The minimum absolute atomic E-state index is 0.0272. The Kier molecular flexibility index (Phi) is 9.75. The Morgan fingerprint density at radius 2 is 1.31 bits per heavy atom. The summed E-state index contributed by atoms with van der Waals surface area (Å²) < 4.78 is 22.9. The van der Waals surface area contributed by atoms with Gasteiger partial charge in [0.15, 0.2) is 13.1 Å². The van der Waals surface area contributed by atoms with E-state index in [1.54, 1.807) is 12.1 Å². The summed E-state index contributed by atoms with van der Waals surface area (Å²) in [7, 11) is -3.77. The summed E-state index contributed by atoms with van der Waals surface area (Å²) in [6.07, 6.45) is 0. The minimum atomic E-state index is -3.77. The highest BCUT2D eigenvalue weighted by atomic mass is 32.2. The molecule has 164 valence electrons. The quantitative estimate of drug-likeness (QED) is 0.391. The standard InChI is InChI=1S/C20H34N4O4S/c1-14(2)10-22-19(25)12-24(13-20(26)23-11-15(3)4)16(5)17-6-8-18(9-7-17)29(21,27)28/h6-9,14-16H,10-13H2,1-5H3,(H,22,25)(H,23,26)(H2,21,27,28)/p+1/t16-/m0/s1. The van der Waals surface area contributed by atoms with Gasteiger partial charge in [-0.15, -0.1) is 0 Å². The lowest BCUT2D eigenvalue weighted by Gasteiger charge is -2.26. The van der Waals surface area contributed by atoms with E-state index < -0.39 is 10.0 Å². The molecule has 29 heavy (non-hydrogen) atoms. The van der Waals surface area contributed by atoms with E-state index in [2.05, 4.69) is 10.6 Å². The van der Waals surface area contributed by atoms with Crippen LogP contribution in [-0.2, 0) is 19.6 Å². The maximum absolute atomic E-state index is 12.4. The molecule has 0 heterocycles. The lowest BCUT2D eigenvalue weighted by atomic mass is 10.1. The zero-order valence-electron chi connectivity index (χ0n) is 18.0. The molecule has 1 atom stereocenters. The van der Waals surface area contributed by atoms with Gasteiger partial charge >= 0.3 is 0 Å². The number of carbonyl (C=O) groups is 2. The van der Waals surface area contributed by atoms with Gasteiger partial charge in [0.25, 0.3) is 11.8 Å². The number of rotatable bonds is 11. The van der Waals surface area contributed by atoms with Crippen molar-refractivity contribution in [3.8, 4) is 0 Å². The second-order valence-corrected chi connectivity index (χ2v) is 9.80. The van der Waals surface area contributed by atoms with E-state index in [0.29, 0.717) is 24.9 Å². The molecule has 0 bridgehead atoms. The van der Waals surface area contributed by atoms with Gasteiger partial charge in [-0.2, -0.15) is 0 Å². The summed E-state index contributed by atoms with van der Waals surface area (Å²) in [5.41, 5.74) is 0.820. The maximum atomic E-state index is 12.4. The fraction of sp³-hybridized carbons (Fsp3) is 0.600. The van der Waals surface area contributed by atoms with Crippen LogP contribution in [0.25, 0.3) is 0 Å². The van der Waals surface area contributed by atoms with Crippen LogP contribution in [0.5, 0.6) is 0 Å². The first-order valence-electron chi connectivity index (χ1n) is 9.90. The van der Waals surface area contributed by atoms with Gasteiger partial charge in [-0.1, -0.05) is 39.8 Å². The van der Waals surface area contributed by atoms with Crippen molar-refractivity contribution in [2.45, 2.75) is 45.6 Å². The highest BCUT2D eigenvalue weighted by molar-refractivity contribution is 7.89. The largest absolute Gasteiger partial charge is 0.351 e. The Morgan fingerprint density at radius 1 is 0.897 bits per heavy atom. The smallest absolute Gasteiger partial charge is 0.275 e. The normalized spacial score (nSPS) is 13.0. The Balaban J connectivity index is 2.95. The van der Waals surface area contributed by atoms with Crippen molar-refractivity contribution < 1.29 is 22.9 Å². The van der Waals surface area contributed by atoms with E-state index in [0.717, 1.165) is 10.5 Å². The zero-order valence-corrected chi connectivity index (χ0v) is 18.8. The predicted molar refractivity (Wildman–Crippen MR) is 113 cm³/mol. The number of benzene rings is 1. The molecule has 0 radical (unpaired) electrons. The van der Waals surface area contributed by atoms with Crippen molar-refractivity contribution in [3.63, 3.8) is 0 Å². The van der Waals surface area contributed by atoms with Crippen LogP contribution in [0.4, 0.5) is 0 Å². The summed E-state index contributed by atoms with van der Waals surface area (Å²) >= 11 is 0. The van der Waals surface area contributed by atoms with Gasteiger partial charge in [-0.05, 0) is 30.9 Å². The van der Waals surface area contributed by atoms with Gasteiger partial charge < -0.3 is 15.5 Å². The van der Waals surface area contributed by atoms with Crippen LogP contribution in [0.15, 0.2) is 29.2 Å². The maximum Gasteiger partial charge on any atom is 0.275 e. The Bertz CT molecular complexity index is 750. The fourth-order valence-corrected chi connectivity index (χ4v) is 3.24. The third-order valence-corrected chi connectivity index (χ3v) is 5.44. The molecule has 5 N–H and O–H groups in total.